The van der Waals surface area contributed by atoms with Gasteiger partial charge in [0.05, 0.1) is 13.4 Å². The molecule has 0 aliphatic carbocycles. The smallest absolute Gasteiger partial charge is 0.437 e. The van der Waals surface area contributed by atoms with E-state index in [4.69, 9.17) is 9.47 Å². The highest BCUT2D eigenvalue weighted by Gasteiger charge is 2.39. The first-order chi connectivity index (χ1) is 17.7. The van der Waals surface area contributed by atoms with Gasteiger partial charge in [0, 0.05) is 11.1 Å². The highest BCUT2D eigenvalue weighted by Crippen LogP contribution is 2.26. The van der Waals surface area contributed by atoms with Crippen molar-refractivity contribution in [3.8, 4) is 11.5 Å². The van der Waals surface area contributed by atoms with Crippen LogP contribution in [0.3, 0.4) is 0 Å². The minimum atomic E-state index is -4.99. The summed E-state index contributed by atoms with van der Waals surface area (Å²) in [6.45, 7) is -0.134. The molecule has 0 aliphatic heterocycles. The van der Waals surface area contributed by atoms with Crippen LogP contribution in [0, 0.1) is 0 Å². The summed E-state index contributed by atoms with van der Waals surface area (Å²) in [7, 11) is -3.13. The van der Waals surface area contributed by atoms with Gasteiger partial charge in [-0.2, -0.15) is 34.8 Å². The number of ether oxygens (including phenoxy) is 2. The third-order valence-electron chi connectivity index (χ3n) is 3.93. The van der Waals surface area contributed by atoms with Crippen molar-refractivity contribution in [3.05, 3.63) is 59.7 Å². The first-order valence-electron chi connectivity index (χ1n) is 9.89. The molecular formula is C20H18F6N2O8S2. The Bertz CT molecular complexity index is 1200. The number of rotatable bonds is 13. The minimum Gasteiger partial charge on any atom is -0.490 e. The van der Waals surface area contributed by atoms with Crippen LogP contribution in [0.4, 0.5) is 26.3 Å². The fourth-order valence-electron chi connectivity index (χ4n) is 2.47. The van der Waals surface area contributed by atoms with Crippen molar-refractivity contribution in [1.82, 2.24) is 0 Å². The lowest BCUT2D eigenvalue weighted by molar-refractivity contribution is -0.166. The van der Waals surface area contributed by atoms with Gasteiger partial charge in [0.25, 0.3) is 12.3 Å². The Labute approximate surface area is 216 Å². The predicted octanol–water partition coefficient (Wildman–Crippen LogP) is 4.81. The maximum Gasteiger partial charge on any atom is 0.437 e. The third-order valence-corrected chi connectivity index (χ3v) is 4.60. The van der Waals surface area contributed by atoms with E-state index < -0.39 is 39.5 Å². The van der Waals surface area contributed by atoms with E-state index in [1.807, 2.05) is 0 Å². The van der Waals surface area contributed by atoms with Crippen LogP contribution >= 0.6 is 12.3 Å². The average Bonchev–Trinajstić information content (AvgIpc) is 2.81. The Kier molecular flexibility index (Phi) is 11.0. The Hall–Kier alpha value is -3.22. The van der Waals surface area contributed by atoms with E-state index in [0.717, 1.165) is 31.4 Å². The van der Waals surface area contributed by atoms with E-state index >= 15 is 0 Å². The van der Waals surface area contributed by atoms with Gasteiger partial charge in [0.15, 0.2) is 11.4 Å². The molecule has 2 aromatic carbocycles. The zero-order valence-electron chi connectivity index (χ0n) is 19.3. The topological polar surface area (TPSA) is 114 Å². The summed E-state index contributed by atoms with van der Waals surface area (Å²) < 4.78 is 124. The second-order valence-electron chi connectivity index (χ2n) is 6.78. The molecule has 38 heavy (non-hydrogen) atoms. The van der Waals surface area contributed by atoms with Crippen LogP contribution < -0.4 is 9.47 Å². The van der Waals surface area contributed by atoms with Crippen molar-refractivity contribution in [2.45, 2.75) is 12.4 Å². The summed E-state index contributed by atoms with van der Waals surface area (Å²) in [5.74, 6) is 0.351. The molecule has 0 aromatic heterocycles. The fraction of sp³-hybridized carbons (Fsp3) is 0.300. The van der Waals surface area contributed by atoms with Gasteiger partial charge in [-0.25, -0.2) is 4.89 Å². The number of alkyl halides is 6. The molecule has 0 atom stereocenters. The molecule has 0 fully saturated rings. The van der Waals surface area contributed by atoms with E-state index in [2.05, 4.69) is 28.1 Å². The lowest BCUT2D eigenvalue weighted by Crippen LogP contribution is -2.24. The SMILES string of the molecule is COOSON=C(c1ccc(OCCOc2ccc(/C(=N/OS(C)(=O)=O)C(F)(F)F)cc2)cc1)C(F)(F)F. The normalized spacial score (nSPS) is 13.3. The van der Waals surface area contributed by atoms with Crippen molar-refractivity contribution in [1.29, 1.82) is 0 Å². The van der Waals surface area contributed by atoms with E-state index in [-0.39, 0.29) is 42.6 Å². The molecular weight excluding hydrogens is 574 g/mol. The Morgan fingerprint density at radius 1 is 0.789 bits per heavy atom. The van der Waals surface area contributed by atoms with Crippen LogP contribution in [0.5, 0.6) is 11.5 Å². The zero-order valence-corrected chi connectivity index (χ0v) is 20.9. The monoisotopic (exact) mass is 592 g/mol. The van der Waals surface area contributed by atoms with Crippen LogP contribution in [0.2, 0.25) is 0 Å². The molecule has 0 radical (unpaired) electrons. The highest BCUT2D eigenvalue weighted by molar-refractivity contribution is 7.89. The number of hydrogen-bond acceptors (Lipinski definition) is 11. The molecule has 0 saturated heterocycles. The fourth-order valence-corrected chi connectivity index (χ4v) is 2.87. The molecule has 18 heteroatoms. The van der Waals surface area contributed by atoms with Gasteiger partial charge < -0.3 is 9.47 Å². The number of hydrogen-bond donors (Lipinski definition) is 0. The summed E-state index contributed by atoms with van der Waals surface area (Å²) in [5.41, 5.74) is -3.68. The molecule has 0 heterocycles. The molecule has 2 rings (SSSR count). The number of oxime groups is 2. The minimum absolute atomic E-state index is 0.0626. The van der Waals surface area contributed by atoms with E-state index in [0.29, 0.717) is 6.26 Å². The maximum atomic E-state index is 13.2. The van der Waals surface area contributed by atoms with Crippen LogP contribution in [0.1, 0.15) is 11.1 Å². The number of benzene rings is 2. The first-order valence-corrected chi connectivity index (χ1v) is 12.4. The predicted molar refractivity (Wildman–Crippen MR) is 122 cm³/mol. The van der Waals surface area contributed by atoms with E-state index in [9.17, 15) is 34.8 Å². The van der Waals surface area contributed by atoms with Gasteiger partial charge in [-0.1, -0.05) is 10.3 Å². The molecule has 0 N–H and O–H groups in total. The van der Waals surface area contributed by atoms with Crippen LogP contribution in [-0.4, -0.2) is 58.8 Å². The van der Waals surface area contributed by atoms with Gasteiger partial charge >= 0.3 is 22.5 Å². The second-order valence-corrected chi connectivity index (χ2v) is 8.76. The Morgan fingerprint density at radius 2 is 1.21 bits per heavy atom. The molecule has 0 saturated carbocycles. The van der Waals surface area contributed by atoms with Crippen LogP contribution in [-0.2, 0) is 27.9 Å². The van der Waals surface area contributed by atoms with E-state index in [1.165, 1.54) is 24.3 Å². The van der Waals surface area contributed by atoms with Gasteiger partial charge in [-0.05, 0) is 48.5 Å². The van der Waals surface area contributed by atoms with Gasteiger partial charge in [-0.3, -0.25) is 8.57 Å². The lowest BCUT2D eigenvalue weighted by atomic mass is 10.1. The lowest BCUT2D eigenvalue weighted by Gasteiger charge is -2.12. The van der Waals surface area contributed by atoms with Crippen molar-refractivity contribution in [2.75, 3.05) is 26.6 Å². The molecule has 0 aliphatic rings. The quantitative estimate of drug-likeness (QED) is 0.0807. The van der Waals surface area contributed by atoms with Gasteiger partial charge in [0.1, 0.15) is 24.7 Å². The molecule has 0 bridgehead atoms. The second kappa shape index (κ2) is 13.5. The third kappa shape index (κ3) is 10.6. The molecule has 2 aromatic rings. The Balaban J connectivity index is 1.94. The summed E-state index contributed by atoms with van der Waals surface area (Å²) >= 11 is 0.0816. The molecule has 210 valence electrons. The first kappa shape index (κ1) is 31.0. The Morgan fingerprint density at radius 3 is 1.58 bits per heavy atom. The van der Waals surface area contributed by atoms with Crippen LogP contribution in [0.15, 0.2) is 58.8 Å². The van der Waals surface area contributed by atoms with Crippen LogP contribution in [0.25, 0.3) is 0 Å². The maximum absolute atomic E-state index is 13.2. The zero-order chi connectivity index (χ0) is 28.4. The van der Waals surface area contributed by atoms with Crippen molar-refractivity contribution in [2.24, 2.45) is 10.3 Å². The molecule has 10 nitrogen and oxygen atoms in total. The molecule has 0 spiro atoms. The summed E-state index contributed by atoms with van der Waals surface area (Å²) in [5, 5.41) is 5.66. The summed E-state index contributed by atoms with van der Waals surface area (Å²) in [6.07, 6.45) is -9.28. The van der Waals surface area contributed by atoms with Crippen molar-refractivity contribution < 1.29 is 62.0 Å². The number of halogens is 6. The number of nitrogens with zero attached hydrogens (tertiary/aromatic N) is 2. The standard InChI is InChI=1S/C20H18F6N2O8S2/c1-31-36-37-34-27-17(19(21,22)23)13-3-7-15(8-4-13)32-11-12-33-16-9-5-14(6-10-16)18(20(24,25)26)28-35-38(2,29)30/h3-10H,11-12H2,1-2H3/b27-17?,28-18-. The van der Waals surface area contributed by atoms with E-state index in [1.54, 1.807) is 0 Å². The van der Waals surface area contributed by atoms with Crippen molar-refractivity contribution in [3.63, 3.8) is 0 Å². The van der Waals surface area contributed by atoms with Gasteiger partial charge in [-0.15, -0.1) is 4.33 Å². The van der Waals surface area contributed by atoms with Crippen molar-refractivity contribution >= 4 is 33.9 Å². The van der Waals surface area contributed by atoms with Gasteiger partial charge in [0.2, 0.25) is 0 Å². The largest absolute Gasteiger partial charge is 0.490 e. The summed E-state index contributed by atoms with van der Waals surface area (Å²) in [4.78, 5) is 4.14. The highest BCUT2D eigenvalue weighted by atomic mass is 32.2. The average molecular weight is 592 g/mol. The molecule has 0 unspecified atom stereocenters. The molecule has 0 amide bonds. The summed E-state index contributed by atoms with van der Waals surface area (Å²) in [6, 6.07) is 9.05.